The summed E-state index contributed by atoms with van der Waals surface area (Å²) in [6.07, 6.45) is 2.10. The second kappa shape index (κ2) is 7.64. The van der Waals surface area contributed by atoms with Gasteiger partial charge in [0.05, 0.1) is 19.8 Å². The summed E-state index contributed by atoms with van der Waals surface area (Å²) in [5.41, 5.74) is 0.460. The van der Waals surface area contributed by atoms with E-state index in [4.69, 9.17) is 9.47 Å². The van der Waals surface area contributed by atoms with Gasteiger partial charge >= 0.3 is 0 Å². The van der Waals surface area contributed by atoms with Crippen LogP contribution in [0, 0.1) is 0 Å². The SMILES string of the molecule is COc1cccc(C(=O)NCC(=O)NCC2CCCO2)c1. The molecule has 0 spiro atoms. The summed E-state index contributed by atoms with van der Waals surface area (Å²) in [4.78, 5) is 23.6. The smallest absolute Gasteiger partial charge is 0.251 e. The van der Waals surface area contributed by atoms with Gasteiger partial charge in [-0.3, -0.25) is 9.59 Å². The monoisotopic (exact) mass is 292 g/mol. The standard InChI is InChI=1S/C15H20N2O4/c1-20-12-5-2-4-11(8-12)15(19)17-10-14(18)16-9-13-6-3-7-21-13/h2,4-5,8,13H,3,6-7,9-10H2,1H3,(H,16,18)(H,17,19). The van der Waals surface area contributed by atoms with E-state index in [1.54, 1.807) is 24.3 Å². The minimum Gasteiger partial charge on any atom is -0.497 e. The minimum absolute atomic E-state index is 0.0528. The Morgan fingerprint density at radius 1 is 1.38 bits per heavy atom. The molecule has 0 radical (unpaired) electrons. The van der Waals surface area contributed by atoms with Crippen molar-refractivity contribution in [3.63, 3.8) is 0 Å². The summed E-state index contributed by atoms with van der Waals surface area (Å²) >= 11 is 0. The zero-order valence-corrected chi connectivity index (χ0v) is 12.1. The van der Waals surface area contributed by atoms with Crippen molar-refractivity contribution in [3.05, 3.63) is 29.8 Å². The van der Waals surface area contributed by atoms with Crippen molar-refractivity contribution in [3.8, 4) is 5.75 Å². The molecule has 1 aliphatic rings. The van der Waals surface area contributed by atoms with Crippen molar-refractivity contribution in [2.24, 2.45) is 0 Å². The van der Waals surface area contributed by atoms with Gasteiger partial charge in [-0.15, -0.1) is 0 Å². The molecule has 0 aliphatic carbocycles. The number of methoxy groups -OCH3 is 1. The molecule has 2 amide bonds. The Hall–Kier alpha value is -2.08. The molecule has 1 aromatic carbocycles. The van der Waals surface area contributed by atoms with Gasteiger partial charge in [-0.1, -0.05) is 6.07 Å². The van der Waals surface area contributed by atoms with E-state index in [1.165, 1.54) is 7.11 Å². The molecular formula is C15H20N2O4. The molecule has 1 unspecified atom stereocenters. The predicted octanol–water partition coefficient (Wildman–Crippen LogP) is 0.720. The molecule has 1 saturated heterocycles. The largest absolute Gasteiger partial charge is 0.497 e. The van der Waals surface area contributed by atoms with Crippen molar-refractivity contribution < 1.29 is 19.1 Å². The maximum atomic E-state index is 11.9. The highest BCUT2D eigenvalue weighted by Gasteiger charge is 2.16. The molecule has 2 N–H and O–H groups in total. The number of carbonyl (C=O) groups is 2. The van der Waals surface area contributed by atoms with Crippen LogP contribution in [-0.2, 0) is 9.53 Å². The zero-order valence-electron chi connectivity index (χ0n) is 12.1. The molecule has 2 rings (SSSR count). The molecule has 6 heteroatoms. The normalized spacial score (nSPS) is 17.3. The van der Waals surface area contributed by atoms with Gasteiger partial charge in [0.15, 0.2) is 0 Å². The van der Waals surface area contributed by atoms with Crippen LogP contribution in [0.5, 0.6) is 5.75 Å². The van der Waals surface area contributed by atoms with E-state index < -0.39 is 0 Å². The van der Waals surface area contributed by atoms with Gasteiger partial charge < -0.3 is 20.1 Å². The van der Waals surface area contributed by atoms with E-state index in [9.17, 15) is 9.59 Å². The van der Waals surface area contributed by atoms with Crippen molar-refractivity contribution in [2.45, 2.75) is 18.9 Å². The summed E-state index contributed by atoms with van der Waals surface area (Å²) in [6.45, 7) is 1.20. The highest BCUT2D eigenvalue weighted by molar-refractivity contribution is 5.96. The van der Waals surface area contributed by atoms with Crippen LogP contribution in [0.4, 0.5) is 0 Å². The van der Waals surface area contributed by atoms with Gasteiger partial charge in [0.2, 0.25) is 5.91 Å². The number of hydrogen-bond donors (Lipinski definition) is 2. The Morgan fingerprint density at radius 3 is 2.95 bits per heavy atom. The van der Waals surface area contributed by atoms with E-state index in [2.05, 4.69) is 10.6 Å². The van der Waals surface area contributed by atoms with E-state index in [0.717, 1.165) is 19.4 Å². The molecule has 1 atom stereocenters. The van der Waals surface area contributed by atoms with Crippen LogP contribution in [-0.4, -0.2) is 44.7 Å². The lowest BCUT2D eigenvalue weighted by Crippen LogP contribution is -2.39. The minimum atomic E-state index is -0.304. The summed E-state index contributed by atoms with van der Waals surface area (Å²) in [7, 11) is 1.54. The van der Waals surface area contributed by atoms with E-state index in [-0.39, 0.29) is 24.5 Å². The highest BCUT2D eigenvalue weighted by atomic mass is 16.5. The van der Waals surface area contributed by atoms with Crippen LogP contribution < -0.4 is 15.4 Å². The number of nitrogens with one attached hydrogen (secondary N) is 2. The number of amides is 2. The lowest BCUT2D eigenvalue weighted by Gasteiger charge is -2.11. The number of benzene rings is 1. The third-order valence-corrected chi connectivity index (χ3v) is 3.29. The highest BCUT2D eigenvalue weighted by Crippen LogP contribution is 2.12. The molecule has 0 saturated carbocycles. The van der Waals surface area contributed by atoms with Crippen molar-refractivity contribution in [1.29, 1.82) is 0 Å². The fraction of sp³-hybridized carbons (Fsp3) is 0.467. The fourth-order valence-electron chi connectivity index (χ4n) is 2.12. The van der Waals surface area contributed by atoms with Crippen LogP contribution in [0.1, 0.15) is 23.2 Å². The molecule has 1 fully saturated rings. The third-order valence-electron chi connectivity index (χ3n) is 3.29. The Balaban J connectivity index is 1.73. The summed E-state index contributed by atoms with van der Waals surface area (Å²) < 4.78 is 10.5. The van der Waals surface area contributed by atoms with Gasteiger partial charge in [0, 0.05) is 18.7 Å². The average molecular weight is 292 g/mol. The topological polar surface area (TPSA) is 76.7 Å². The first-order valence-electron chi connectivity index (χ1n) is 6.99. The van der Waals surface area contributed by atoms with Gasteiger partial charge in [-0.05, 0) is 31.0 Å². The molecule has 1 aliphatic heterocycles. The van der Waals surface area contributed by atoms with Gasteiger partial charge in [0.25, 0.3) is 5.91 Å². The van der Waals surface area contributed by atoms with Crippen LogP contribution >= 0.6 is 0 Å². The van der Waals surface area contributed by atoms with Crippen LogP contribution in [0.3, 0.4) is 0 Å². The van der Waals surface area contributed by atoms with E-state index in [1.807, 2.05) is 0 Å². The number of ether oxygens (including phenoxy) is 2. The maximum absolute atomic E-state index is 11.9. The molecule has 6 nitrogen and oxygen atoms in total. The van der Waals surface area contributed by atoms with Gasteiger partial charge in [-0.25, -0.2) is 0 Å². The van der Waals surface area contributed by atoms with Gasteiger partial charge in [0.1, 0.15) is 5.75 Å². The molecule has 21 heavy (non-hydrogen) atoms. The molecular weight excluding hydrogens is 272 g/mol. The summed E-state index contributed by atoms with van der Waals surface area (Å²) in [5.74, 6) is 0.0772. The number of rotatable bonds is 6. The van der Waals surface area contributed by atoms with Crippen LogP contribution in [0.25, 0.3) is 0 Å². The summed E-state index contributed by atoms with van der Waals surface area (Å²) in [5, 5.41) is 5.33. The predicted molar refractivity (Wildman–Crippen MR) is 77.3 cm³/mol. The first-order chi connectivity index (χ1) is 10.2. The lowest BCUT2D eigenvalue weighted by molar-refractivity contribution is -0.120. The van der Waals surface area contributed by atoms with Crippen LogP contribution in [0.15, 0.2) is 24.3 Å². The number of hydrogen-bond acceptors (Lipinski definition) is 4. The molecule has 0 aromatic heterocycles. The van der Waals surface area contributed by atoms with E-state index >= 15 is 0 Å². The first-order valence-corrected chi connectivity index (χ1v) is 6.99. The Morgan fingerprint density at radius 2 is 2.24 bits per heavy atom. The Bertz CT molecular complexity index is 498. The Labute approximate surface area is 123 Å². The van der Waals surface area contributed by atoms with Gasteiger partial charge in [-0.2, -0.15) is 0 Å². The first kappa shape index (κ1) is 15.3. The fourth-order valence-corrected chi connectivity index (χ4v) is 2.12. The average Bonchev–Trinajstić information content (AvgIpc) is 3.04. The van der Waals surface area contributed by atoms with Crippen LogP contribution in [0.2, 0.25) is 0 Å². The van der Waals surface area contributed by atoms with Crippen molar-refractivity contribution in [2.75, 3.05) is 26.8 Å². The lowest BCUT2D eigenvalue weighted by atomic mass is 10.2. The van der Waals surface area contributed by atoms with Crippen molar-refractivity contribution in [1.82, 2.24) is 10.6 Å². The quantitative estimate of drug-likeness (QED) is 0.810. The summed E-state index contributed by atoms with van der Waals surface area (Å²) in [6, 6.07) is 6.78. The molecule has 1 heterocycles. The van der Waals surface area contributed by atoms with Crippen molar-refractivity contribution >= 4 is 11.8 Å². The second-order valence-corrected chi connectivity index (χ2v) is 4.85. The molecule has 0 bridgehead atoms. The van der Waals surface area contributed by atoms with E-state index in [0.29, 0.717) is 17.9 Å². The Kier molecular flexibility index (Phi) is 5.57. The second-order valence-electron chi connectivity index (χ2n) is 4.85. The third kappa shape index (κ3) is 4.75. The molecule has 1 aromatic rings. The number of carbonyl (C=O) groups excluding carboxylic acids is 2. The molecule has 114 valence electrons. The maximum Gasteiger partial charge on any atom is 0.251 e. The zero-order chi connectivity index (χ0) is 15.1.